The Morgan fingerprint density at radius 2 is 1.89 bits per heavy atom. The number of ether oxygens (including phenoxy) is 3. The van der Waals surface area contributed by atoms with Gasteiger partial charge in [0.05, 0.1) is 30.2 Å². The van der Waals surface area contributed by atoms with Gasteiger partial charge in [-0.25, -0.2) is 9.37 Å². The summed E-state index contributed by atoms with van der Waals surface area (Å²) in [6.07, 6.45) is 5.95. The number of carbonyl (C=O) groups is 1. The summed E-state index contributed by atoms with van der Waals surface area (Å²) in [5.74, 6) is 0.340. The number of fused-ring (bicyclic) bond motifs is 1. The summed E-state index contributed by atoms with van der Waals surface area (Å²) in [7, 11) is 1.77. The third kappa shape index (κ3) is 5.20. The Morgan fingerprint density at radius 3 is 2.53 bits per heavy atom. The molecule has 1 atom stereocenters. The van der Waals surface area contributed by atoms with E-state index in [2.05, 4.69) is 9.88 Å². The lowest BCUT2D eigenvalue weighted by Crippen LogP contribution is -2.52. The number of pyridine rings is 1. The van der Waals surface area contributed by atoms with Gasteiger partial charge in [0.1, 0.15) is 22.9 Å². The van der Waals surface area contributed by atoms with Crippen molar-refractivity contribution in [3.05, 3.63) is 53.6 Å². The zero-order valence-corrected chi connectivity index (χ0v) is 21.4. The molecule has 194 valence electrons. The molecule has 0 bridgehead atoms. The Hall–Kier alpha value is -2.71. The van der Waals surface area contributed by atoms with Crippen LogP contribution in [-0.4, -0.2) is 66.9 Å². The van der Waals surface area contributed by atoms with Gasteiger partial charge in [-0.2, -0.15) is 0 Å². The summed E-state index contributed by atoms with van der Waals surface area (Å²) in [6, 6.07) is 8.47. The molecule has 0 aliphatic carbocycles. The van der Waals surface area contributed by atoms with Gasteiger partial charge in [-0.3, -0.25) is 4.79 Å². The fourth-order valence-electron chi connectivity index (χ4n) is 5.67. The Morgan fingerprint density at radius 1 is 1.14 bits per heavy atom. The fourth-order valence-corrected chi connectivity index (χ4v) is 5.67. The summed E-state index contributed by atoms with van der Waals surface area (Å²) < 4.78 is 32.0. The molecule has 8 heteroatoms. The molecular formula is C28H36FN3O4. The summed E-state index contributed by atoms with van der Waals surface area (Å²) in [4.78, 5) is 21.9. The average molecular weight is 498 g/mol. The van der Waals surface area contributed by atoms with E-state index < -0.39 is 5.60 Å². The van der Waals surface area contributed by atoms with Crippen LogP contribution in [0.4, 0.5) is 10.1 Å². The monoisotopic (exact) mass is 497 g/mol. The minimum absolute atomic E-state index is 0.0170. The van der Waals surface area contributed by atoms with E-state index in [0.29, 0.717) is 49.9 Å². The van der Waals surface area contributed by atoms with E-state index in [1.54, 1.807) is 19.4 Å². The molecule has 0 N–H and O–H groups in total. The molecule has 1 aromatic carbocycles. The highest BCUT2D eigenvalue weighted by atomic mass is 19.1. The van der Waals surface area contributed by atoms with Gasteiger partial charge in [-0.1, -0.05) is 0 Å². The lowest BCUT2D eigenvalue weighted by Gasteiger charge is -2.47. The number of methoxy groups -OCH3 is 1. The van der Waals surface area contributed by atoms with Gasteiger partial charge >= 0.3 is 0 Å². The van der Waals surface area contributed by atoms with Gasteiger partial charge in [0, 0.05) is 58.1 Å². The van der Waals surface area contributed by atoms with Gasteiger partial charge < -0.3 is 24.0 Å². The number of hydrogen-bond acceptors (Lipinski definition) is 6. The third-order valence-electron chi connectivity index (χ3n) is 7.71. The van der Waals surface area contributed by atoms with Gasteiger partial charge in [0.2, 0.25) is 0 Å². The van der Waals surface area contributed by atoms with Crippen LogP contribution in [0.5, 0.6) is 5.75 Å². The predicted molar refractivity (Wildman–Crippen MR) is 135 cm³/mol. The number of likely N-dealkylation sites (tertiary alicyclic amines) is 1. The number of benzene rings is 1. The van der Waals surface area contributed by atoms with E-state index in [9.17, 15) is 9.18 Å². The maximum absolute atomic E-state index is 13.9. The highest BCUT2D eigenvalue weighted by Gasteiger charge is 2.45. The van der Waals surface area contributed by atoms with E-state index in [4.69, 9.17) is 14.2 Å². The first-order valence-electron chi connectivity index (χ1n) is 13.0. The average Bonchev–Trinajstić information content (AvgIpc) is 2.89. The second-order valence-electron chi connectivity index (χ2n) is 10.5. The van der Waals surface area contributed by atoms with Crippen LogP contribution in [0, 0.1) is 5.82 Å². The number of hydrogen-bond donors (Lipinski definition) is 0. The van der Waals surface area contributed by atoms with Gasteiger partial charge in [-0.15, -0.1) is 0 Å². The molecule has 0 saturated carbocycles. The predicted octanol–water partition coefficient (Wildman–Crippen LogP) is 4.76. The van der Waals surface area contributed by atoms with Gasteiger partial charge in [-0.05, 0) is 57.0 Å². The van der Waals surface area contributed by atoms with Crippen LogP contribution in [0.15, 0.2) is 36.5 Å². The van der Waals surface area contributed by atoms with Crippen molar-refractivity contribution in [2.45, 2.75) is 69.9 Å². The highest BCUT2D eigenvalue weighted by molar-refractivity contribution is 5.92. The third-order valence-corrected chi connectivity index (χ3v) is 7.71. The summed E-state index contributed by atoms with van der Waals surface area (Å²) in [6.45, 7) is 7.00. The van der Waals surface area contributed by atoms with Crippen LogP contribution in [0.1, 0.15) is 68.1 Å². The molecule has 1 aromatic heterocycles. The van der Waals surface area contributed by atoms with E-state index in [0.717, 1.165) is 37.2 Å². The van der Waals surface area contributed by atoms with Gasteiger partial charge in [0.25, 0.3) is 5.91 Å². The zero-order valence-electron chi connectivity index (χ0n) is 21.4. The summed E-state index contributed by atoms with van der Waals surface area (Å²) in [5, 5.41) is 0. The van der Waals surface area contributed by atoms with Crippen LogP contribution in [0.2, 0.25) is 0 Å². The van der Waals surface area contributed by atoms with Gasteiger partial charge in [0.15, 0.2) is 0 Å². The molecule has 3 aliphatic rings. The van der Waals surface area contributed by atoms with E-state index in [1.165, 1.54) is 12.1 Å². The standard InChI is InChI=1S/C28H36FN3O4/c1-19(2)35-26-17-28(36-25-7-4-20(29)16-23(25)26)10-14-32(15-11-28)27(33)24-6-5-21(18-30-24)31-12-8-22(34-3)9-13-31/h4-7,16,18-19,22,26H,8-15,17H2,1-3H3/t26-/m1/s1. The largest absolute Gasteiger partial charge is 0.487 e. The molecule has 7 nitrogen and oxygen atoms in total. The maximum Gasteiger partial charge on any atom is 0.272 e. The van der Waals surface area contributed by atoms with Crippen molar-refractivity contribution in [3.8, 4) is 5.75 Å². The molecular weight excluding hydrogens is 461 g/mol. The summed E-state index contributed by atoms with van der Waals surface area (Å²) in [5.41, 5.74) is 1.85. The van der Waals surface area contributed by atoms with Crippen LogP contribution in [0.3, 0.4) is 0 Å². The van der Waals surface area contributed by atoms with E-state index >= 15 is 0 Å². The fraction of sp³-hybridized carbons (Fsp3) is 0.571. The lowest BCUT2D eigenvalue weighted by atomic mass is 9.81. The number of nitrogens with zero attached hydrogens (tertiary/aromatic N) is 3. The van der Waals surface area contributed by atoms with Crippen molar-refractivity contribution in [1.82, 2.24) is 9.88 Å². The summed E-state index contributed by atoms with van der Waals surface area (Å²) >= 11 is 0. The molecule has 1 amide bonds. The molecule has 2 aromatic rings. The molecule has 4 heterocycles. The van der Waals surface area contributed by atoms with Crippen LogP contribution < -0.4 is 9.64 Å². The number of halogens is 1. The maximum atomic E-state index is 13.9. The van der Waals surface area contributed by atoms with Crippen molar-refractivity contribution in [2.75, 3.05) is 38.2 Å². The molecule has 3 aliphatic heterocycles. The minimum Gasteiger partial charge on any atom is -0.487 e. The molecule has 2 fully saturated rings. The van der Waals surface area contributed by atoms with Crippen LogP contribution in [-0.2, 0) is 9.47 Å². The number of piperidine rings is 2. The quantitative estimate of drug-likeness (QED) is 0.594. The number of aromatic nitrogens is 1. The zero-order chi connectivity index (χ0) is 25.3. The molecule has 1 spiro atoms. The minimum atomic E-state index is -0.424. The van der Waals surface area contributed by atoms with Crippen molar-refractivity contribution in [3.63, 3.8) is 0 Å². The second-order valence-corrected chi connectivity index (χ2v) is 10.5. The van der Waals surface area contributed by atoms with Crippen molar-refractivity contribution < 1.29 is 23.4 Å². The van der Waals surface area contributed by atoms with Crippen LogP contribution in [0.25, 0.3) is 0 Å². The molecule has 2 saturated heterocycles. The number of amides is 1. The van der Waals surface area contributed by atoms with Crippen LogP contribution >= 0.6 is 0 Å². The first-order valence-corrected chi connectivity index (χ1v) is 13.0. The van der Waals surface area contributed by atoms with Crippen molar-refractivity contribution in [2.24, 2.45) is 0 Å². The highest BCUT2D eigenvalue weighted by Crippen LogP contribution is 2.46. The molecule has 36 heavy (non-hydrogen) atoms. The lowest BCUT2D eigenvalue weighted by molar-refractivity contribution is -0.0874. The van der Waals surface area contributed by atoms with Crippen molar-refractivity contribution >= 4 is 11.6 Å². The topological polar surface area (TPSA) is 64.1 Å². The number of anilines is 1. The van der Waals surface area contributed by atoms with E-state index in [1.807, 2.05) is 30.9 Å². The Kier molecular flexibility index (Phi) is 7.17. The Balaban J connectivity index is 1.22. The second kappa shape index (κ2) is 10.3. The normalized spacial score (nSPS) is 22.0. The van der Waals surface area contributed by atoms with Crippen molar-refractivity contribution in [1.29, 1.82) is 0 Å². The SMILES string of the molecule is COC1CCN(c2ccc(C(=O)N3CCC4(CC3)C[C@@H](OC(C)C)c3cc(F)ccc3O4)nc2)CC1. The Bertz CT molecular complexity index is 1060. The number of carbonyl (C=O) groups excluding carboxylic acids is 1. The van der Waals surface area contributed by atoms with E-state index in [-0.39, 0.29) is 23.9 Å². The Labute approximate surface area is 212 Å². The smallest absolute Gasteiger partial charge is 0.272 e. The molecule has 0 radical (unpaired) electrons. The first kappa shape index (κ1) is 25.0. The molecule has 0 unspecified atom stereocenters. The first-order chi connectivity index (χ1) is 17.4. The number of rotatable bonds is 5. The molecule has 5 rings (SSSR count).